The van der Waals surface area contributed by atoms with E-state index in [1.165, 1.54) is 6.33 Å². The first-order valence-corrected chi connectivity index (χ1v) is 14.8. The topological polar surface area (TPSA) is 131 Å². The molecular weight excluding hydrogens is 545 g/mol. The quantitative estimate of drug-likeness (QED) is 0.273. The van der Waals surface area contributed by atoms with Crippen LogP contribution in [-0.2, 0) is 14.0 Å². The number of aliphatic hydroxyl groups excluding tert-OH is 1. The Kier molecular flexibility index (Phi) is 7.20. The van der Waals surface area contributed by atoms with Crippen LogP contribution >= 0.6 is 22.6 Å². The van der Waals surface area contributed by atoms with Crippen LogP contribution in [0.2, 0.25) is 18.1 Å². The number of aliphatic hydroxyl groups is 1. The van der Waals surface area contributed by atoms with Crippen molar-refractivity contribution in [3.8, 4) is 0 Å². The Morgan fingerprint density at radius 3 is 2.66 bits per heavy atom. The molecule has 12 heteroatoms. The summed E-state index contributed by atoms with van der Waals surface area (Å²) in [6.45, 7) is 14.1. The van der Waals surface area contributed by atoms with Crippen molar-refractivity contribution >= 4 is 53.9 Å². The van der Waals surface area contributed by atoms with Gasteiger partial charge in [0.05, 0.1) is 23.0 Å². The van der Waals surface area contributed by atoms with E-state index in [2.05, 4.69) is 76.7 Å². The molecule has 1 unspecified atom stereocenters. The van der Waals surface area contributed by atoms with E-state index in [0.717, 1.165) is 0 Å². The summed E-state index contributed by atoms with van der Waals surface area (Å²) >= 11 is 2.26. The number of H-pyrrole nitrogens is 1. The summed E-state index contributed by atoms with van der Waals surface area (Å²) in [5.74, 6) is -0.485. The van der Waals surface area contributed by atoms with Gasteiger partial charge in [-0.05, 0) is 18.1 Å². The standard InChI is InChI=1S/C20H32IN5O5Si/c1-10(2)16(28)24-19-23-15-13(17(29)25-19)22-9-26(15)18-14(12(21)11(8-27)30-18)31-32(6,7)20(3,4)5/h9-12,14,18,27H,8H2,1-7H3,(H2,23,24,25,28,29)/t11-,12+,14?,18-/m1/s1. The summed E-state index contributed by atoms with van der Waals surface area (Å²) < 4.78 is 14.4. The molecule has 1 saturated heterocycles. The number of hydrogen-bond acceptors (Lipinski definition) is 7. The molecule has 1 amide bonds. The largest absolute Gasteiger partial charge is 0.408 e. The lowest BCUT2D eigenvalue weighted by molar-refractivity contribution is -0.118. The highest BCUT2D eigenvalue weighted by Crippen LogP contribution is 2.44. The van der Waals surface area contributed by atoms with Crippen LogP contribution in [-0.4, -0.2) is 61.6 Å². The van der Waals surface area contributed by atoms with Gasteiger partial charge in [-0.15, -0.1) is 0 Å². The fraction of sp³-hybridized carbons (Fsp3) is 0.700. The number of fused-ring (bicyclic) bond motifs is 1. The molecule has 2 aromatic rings. The number of nitrogens with one attached hydrogen (secondary N) is 2. The number of carbonyl (C=O) groups is 1. The molecule has 3 heterocycles. The van der Waals surface area contributed by atoms with E-state index < -0.39 is 26.2 Å². The van der Waals surface area contributed by atoms with Crippen LogP contribution < -0.4 is 10.9 Å². The first-order valence-electron chi connectivity index (χ1n) is 10.6. The fourth-order valence-corrected chi connectivity index (χ4v) is 5.61. The van der Waals surface area contributed by atoms with E-state index in [1.54, 1.807) is 18.4 Å². The van der Waals surface area contributed by atoms with Gasteiger partial charge >= 0.3 is 0 Å². The van der Waals surface area contributed by atoms with Gasteiger partial charge < -0.3 is 14.3 Å². The van der Waals surface area contributed by atoms with Crippen LogP contribution in [0, 0.1) is 5.92 Å². The number of aromatic nitrogens is 4. The van der Waals surface area contributed by atoms with Crippen molar-refractivity contribution < 1.29 is 19.1 Å². The molecule has 3 rings (SSSR count). The Labute approximate surface area is 201 Å². The van der Waals surface area contributed by atoms with Gasteiger partial charge in [-0.25, -0.2) is 4.98 Å². The summed E-state index contributed by atoms with van der Waals surface area (Å²) in [6.07, 6.45) is 0.0587. The van der Waals surface area contributed by atoms with Crippen molar-refractivity contribution in [1.82, 2.24) is 19.5 Å². The van der Waals surface area contributed by atoms with Crippen molar-refractivity contribution in [2.45, 2.75) is 75.1 Å². The normalized spacial score (nSPS) is 24.4. The number of anilines is 1. The third-order valence-electron chi connectivity index (χ3n) is 6.15. The number of amides is 1. The van der Waals surface area contributed by atoms with E-state index in [-0.39, 0.29) is 50.6 Å². The smallest absolute Gasteiger partial charge is 0.280 e. The maximum Gasteiger partial charge on any atom is 0.280 e. The van der Waals surface area contributed by atoms with Gasteiger partial charge in [0.15, 0.2) is 25.7 Å². The van der Waals surface area contributed by atoms with Crippen LogP contribution in [0.4, 0.5) is 5.95 Å². The van der Waals surface area contributed by atoms with Gasteiger partial charge in [0.1, 0.15) is 6.10 Å². The molecule has 0 radical (unpaired) electrons. The molecule has 1 fully saturated rings. The molecule has 0 aliphatic carbocycles. The van der Waals surface area contributed by atoms with Crippen molar-refractivity contribution in [2.24, 2.45) is 5.92 Å². The lowest BCUT2D eigenvalue weighted by atomic mass is 10.2. The predicted octanol–water partition coefficient (Wildman–Crippen LogP) is 2.80. The first kappa shape index (κ1) is 25.3. The number of rotatable bonds is 6. The highest BCUT2D eigenvalue weighted by molar-refractivity contribution is 14.1. The average molecular weight is 577 g/mol. The minimum absolute atomic E-state index is 0.0219. The summed E-state index contributed by atoms with van der Waals surface area (Å²) in [6, 6.07) is 0. The molecular formula is C20H32IN5O5Si. The molecule has 2 aromatic heterocycles. The Morgan fingerprint density at radius 1 is 1.44 bits per heavy atom. The predicted molar refractivity (Wildman–Crippen MR) is 132 cm³/mol. The zero-order valence-electron chi connectivity index (χ0n) is 19.5. The third-order valence-corrected chi connectivity index (χ3v) is 12.1. The Bertz CT molecular complexity index is 1050. The molecule has 3 N–H and O–H groups in total. The van der Waals surface area contributed by atoms with Crippen molar-refractivity contribution in [1.29, 1.82) is 0 Å². The van der Waals surface area contributed by atoms with E-state index in [9.17, 15) is 14.7 Å². The number of imidazole rings is 1. The molecule has 0 aromatic carbocycles. The lowest BCUT2D eigenvalue weighted by Crippen LogP contribution is -2.47. The monoisotopic (exact) mass is 577 g/mol. The second-order valence-corrected chi connectivity index (χ2v) is 16.1. The highest BCUT2D eigenvalue weighted by atomic mass is 127. The SMILES string of the molecule is CC(C)C(=O)Nc1nc2c(ncn2[C@@H]2O[C@H](CO)[C@H](I)C2O[Si](C)(C)C(C)(C)C)c(=O)[nH]1. The molecule has 4 atom stereocenters. The van der Waals surface area contributed by atoms with Crippen molar-refractivity contribution in [3.63, 3.8) is 0 Å². The number of carbonyl (C=O) groups excluding carboxylic acids is 1. The third kappa shape index (κ3) is 4.78. The number of hydrogen-bond donors (Lipinski definition) is 3. The van der Waals surface area contributed by atoms with Crippen LogP contribution in [0.3, 0.4) is 0 Å². The van der Waals surface area contributed by atoms with Crippen LogP contribution in [0.1, 0.15) is 40.8 Å². The second-order valence-electron chi connectivity index (χ2n) is 9.92. The van der Waals surface area contributed by atoms with E-state index in [1.807, 2.05) is 0 Å². The Balaban J connectivity index is 2.05. The summed E-state index contributed by atoms with van der Waals surface area (Å²) in [4.78, 5) is 35.9. The molecule has 32 heavy (non-hydrogen) atoms. The molecule has 0 spiro atoms. The van der Waals surface area contributed by atoms with E-state index in [4.69, 9.17) is 9.16 Å². The maximum atomic E-state index is 12.6. The molecule has 0 bridgehead atoms. The number of aromatic amines is 1. The first-order chi connectivity index (χ1) is 14.8. The molecule has 0 saturated carbocycles. The summed E-state index contributed by atoms with van der Waals surface area (Å²) in [7, 11) is -2.18. The molecule has 1 aliphatic rings. The zero-order chi connectivity index (χ0) is 24.0. The van der Waals surface area contributed by atoms with Crippen molar-refractivity contribution in [2.75, 3.05) is 11.9 Å². The van der Waals surface area contributed by atoms with Gasteiger partial charge in [0, 0.05) is 5.92 Å². The van der Waals surface area contributed by atoms with Crippen LogP contribution in [0.5, 0.6) is 0 Å². The summed E-state index contributed by atoms with van der Waals surface area (Å²) in [5.41, 5.74) is -0.0408. The highest BCUT2D eigenvalue weighted by Gasteiger charge is 2.50. The second kappa shape index (κ2) is 9.12. The van der Waals surface area contributed by atoms with Gasteiger partial charge in [0.25, 0.3) is 5.56 Å². The zero-order valence-corrected chi connectivity index (χ0v) is 22.6. The van der Waals surface area contributed by atoms with E-state index in [0.29, 0.717) is 0 Å². The maximum absolute atomic E-state index is 12.6. The minimum atomic E-state index is -2.18. The Morgan fingerprint density at radius 2 is 2.09 bits per heavy atom. The number of halogens is 1. The van der Waals surface area contributed by atoms with E-state index >= 15 is 0 Å². The Hall–Kier alpha value is -1.35. The summed E-state index contributed by atoms with van der Waals surface area (Å²) in [5, 5.41) is 12.5. The lowest BCUT2D eigenvalue weighted by Gasteiger charge is -2.40. The fourth-order valence-electron chi connectivity index (χ4n) is 3.14. The number of alkyl halides is 1. The molecule has 1 aliphatic heterocycles. The van der Waals surface area contributed by atoms with Crippen molar-refractivity contribution in [3.05, 3.63) is 16.7 Å². The average Bonchev–Trinajstić information content (AvgIpc) is 3.22. The molecule has 10 nitrogen and oxygen atoms in total. The number of ether oxygens (including phenoxy) is 1. The molecule has 178 valence electrons. The van der Waals surface area contributed by atoms with Gasteiger partial charge in [-0.1, -0.05) is 57.2 Å². The van der Waals surface area contributed by atoms with Gasteiger partial charge in [-0.2, -0.15) is 4.98 Å². The minimum Gasteiger partial charge on any atom is -0.408 e. The number of nitrogens with zero attached hydrogens (tertiary/aromatic N) is 3. The van der Waals surface area contributed by atoms with Crippen LogP contribution in [0.15, 0.2) is 11.1 Å². The van der Waals surface area contributed by atoms with Gasteiger partial charge in [-0.3, -0.25) is 24.5 Å². The van der Waals surface area contributed by atoms with Crippen LogP contribution in [0.25, 0.3) is 11.2 Å². The van der Waals surface area contributed by atoms with Gasteiger partial charge in [0.2, 0.25) is 11.9 Å².